The van der Waals surface area contributed by atoms with Gasteiger partial charge in [0.1, 0.15) is 12.6 Å². The molecule has 2 amide bonds. The number of anilines is 1. The van der Waals surface area contributed by atoms with Crippen LogP contribution in [0.2, 0.25) is 0 Å². The van der Waals surface area contributed by atoms with Crippen LogP contribution in [0, 0.1) is 6.92 Å². The lowest BCUT2D eigenvalue weighted by Gasteiger charge is -2.32. The first-order valence-electron chi connectivity index (χ1n) is 9.77. The summed E-state index contributed by atoms with van der Waals surface area (Å²) in [5, 5.41) is 2.60. The Hall–Kier alpha value is -2.87. The summed E-state index contributed by atoms with van der Waals surface area (Å²) in [5.74, 6) is -0.730. The zero-order chi connectivity index (χ0) is 22.3. The first-order valence-corrected chi connectivity index (χ1v) is 11.6. The van der Waals surface area contributed by atoms with Crippen LogP contribution in [0.1, 0.15) is 24.5 Å². The van der Waals surface area contributed by atoms with E-state index in [2.05, 4.69) is 5.32 Å². The lowest BCUT2D eigenvalue weighted by molar-refractivity contribution is -0.140. The molecule has 2 rings (SSSR count). The number of likely N-dealkylation sites (N-methyl/N-ethyl adjacent to an activating group) is 1. The third-order valence-electron chi connectivity index (χ3n) is 4.89. The lowest BCUT2D eigenvalue weighted by Crippen LogP contribution is -2.51. The Morgan fingerprint density at radius 3 is 2.17 bits per heavy atom. The van der Waals surface area contributed by atoms with Crippen molar-refractivity contribution in [1.82, 2.24) is 10.2 Å². The first-order chi connectivity index (χ1) is 14.2. The highest BCUT2D eigenvalue weighted by Crippen LogP contribution is 2.23. The van der Waals surface area contributed by atoms with Crippen LogP contribution in [-0.4, -0.2) is 51.0 Å². The number of carbonyl (C=O) groups excluding carboxylic acids is 2. The molecule has 0 aromatic heterocycles. The van der Waals surface area contributed by atoms with Crippen molar-refractivity contribution in [2.24, 2.45) is 0 Å². The van der Waals surface area contributed by atoms with Crippen molar-refractivity contribution in [2.75, 3.05) is 24.2 Å². The van der Waals surface area contributed by atoms with Gasteiger partial charge in [0.05, 0.1) is 11.9 Å². The number of carbonyl (C=O) groups is 2. The molecule has 30 heavy (non-hydrogen) atoms. The Labute approximate surface area is 178 Å². The molecule has 0 saturated heterocycles. The molecule has 0 aliphatic heterocycles. The summed E-state index contributed by atoms with van der Waals surface area (Å²) in [6, 6.07) is 15.6. The molecule has 1 unspecified atom stereocenters. The van der Waals surface area contributed by atoms with Crippen molar-refractivity contribution in [1.29, 1.82) is 0 Å². The van der Waals surface area contributed by atoms with Crippen molar-refractivity contribution >= 4 is 27.5 Å². The van der Waals surface area contributed by atoms with Crippen LogP contribution < -0.4 is 9.62 Å². The summed E-state index contributed by atoms with van der Waals surface area (Å²) in [4.78, 5) is 27.2. The second-order valence-corrected chi connectivity index (χ2v) is 9.01. The van der Waals surface area contributed by atoms with Crippen molar-refractivity contribution in [2.45, 2.75) is 32.9 Å². The molecule has 0 bridgehead atoms. The fourth-order valence-corrected chi connectivity index (χ4v) is 4.21. The molecule has 1 atom stereocenters. The summed E-state index contributed by atoms with van der Waals surface area (Å²) < 4.78 is 26.1. The third-order valence-corrected chi connectivity index (χ3v) is 6.02. The van der Waals surface area contributed by atoms with Gasteiger partial charge in [-0.1, -0.05) is 55.5 Å². The predicted octanol–water partition coefficient (Wildman–Crippen LogP) is 2.31. The Bertz CT molecular complexity index is 977. The quantitative estimate of drug-likeness (QED) is 0.660. The Morgan fingerprint density at radius 1 is 1.03 bits per heavy atom. The Kier molecular flexibility index (Phi) is 8.00. The average Bonchev–Trinajstić information content (AvgIpc) is 2.72. The lowest BCUT2D eigenvalue weighted by atomic mass is 10.1. The largest absolute Gasteiger partial charge is 0.357 e. The summed E-state index contributed by atoms with van der Waals surface area (Å²) in [7, 11) is -2.19. The summed E-state index contributed by atoms with van der Waals surface area (Å²) in [6.07, 6.45) is 1.48. The van der Waals surface area contributed by atoms with E-state index in [0.29, 0.717) is 12.1 Å². The maximum atomic E-state index is 13.3. The van der Waals surface area contributed by atoms with Gasteiger partial charge in [0.2, 0.25) is 21.8 Å². The number of sulfonamides is 1. The normalized spacial score (nSPS) is 12.1. The predicted molar refractivity (Wildman–Crippen MR) is 119 cm³/mol. The van der Waals surface area contributed by atoms with Gasteiger partial charge < -0.3 is 10.2 Å². The molecular weight excluding hydrogens is 402 g/mol. The maximum Gasteiger partial charge on any atom is 0.244 e. The minimum Gasteiger partial charge on any atom is -0.357 e. The molecule has 0 saturated carbocycles. The number of para-hydroxylation sites is 1. The molecule has 1 N–H and O–H groups in total. The Balaban J connectivity index is 2.42. The van der Waals surface area contributed by atoms with Gasteiger partial charge in [-0.3, -0.25) is 13.9 Å². The highest BCUT2D eigenvalue weighted by atomic mass is 32.2. The van der Waals surface area contributed by atoms with Crippen LogP contribution in [-0.2, 0) is 26.2 Å². The molecule has 7 nitrogen and oxygen atoms in total. The minimum absolute atomic E-state index is 0.205. The number of hydrogen-bond acceptors (Lipinski definition) is 4. The zero-order valence-corrected chi connectivity index (χ0v) is 18.6. The highest BCUT2D eigenvalue weighted by molar-refractivity contribution is 7.92. The fraction of sp³-hybridized carbons (Fsp3) is 0.364. The van der Waals surface area contributed by atoms with E-state index in [9.17, 15) is 18.0 Å². The molecule has 162 valence electrons. The number of nitrogens with one attached hydrogen (secondary N) is 1. The molecule has 8 heteroatoms. The second-order valence-electron chi connectivity index (χ2n) is 7.10. The van der Waals surface area contributed by atoms with E-state index in [4.69, 9.17) is 0 Å². The van der Waals surface area contributed by atoms with Crippen LogP contribution in [0.3, 0.4) is 0 Å². The van der Waals surface area contributed by atoms with E-state index in [0.717, 1.165) is 21.7 Å². The van der Waals surface area contributed by atoms with Gasteiger partial charge >= 0.3 is 0 Å². The van der Waals surface area contributed by atoms with Crippen LogP contribution in [0.25, 0.3) is 0 Å². The van der Waals surface area contributed by atoms with Crippen molar-refractivity contribution in [3.8, 4) is 0 Å². The third kappa shape index (κ3) is 5.82. The average molecular weight is 432 g/mol. The monoisotopic (exact) mass is 431 g/mol. The molecular formula is C22H29N3O4S. The molecule has 0 heterocycles. The molecule has 0 aliphatic rings. The van der Waals surface area contributed by atoms with E-state index >= 15 is 0 Å². The highest BCUT2D eigenvalue weighted by Gasteiger charge is 2.31. The zero-order valence-electron chi connectivity index (χ0n) is 17.8. The van der Waals surface area contributed by atoms with Gasteiger partial charge in [-0.2, -0.15) is 0 Å². The number of aryl methyl sites for hydroxylation is 1. The number of amides is 2. The Morgan fingerprint density at radius 2 is 1.63 bits per heavy atom. The van der Waals surface area contributed by atoms with Crippen molar-refractivity contribution in [3.63, 3.8) is 0 Å². The van der Waals surface area contributed by atoms with Gasteiger partial charge in [-0.25, -0.2) is 8.42 Å². The van der Waals surface area contributed by atoms with Gasteiger partial charge in [-0.15, -0.1) is 0 Å². The van der Waals surface area contributed by atoms with E-state index in [1.165, 1.54) is 11.9 Å². The topological polar surface area (TPSA) is 86.8 Å². The number of benzene rings is 2. The van der Waals surface area contributed by atoms with Crippen LogP contribution in [0.15, 0.2) is 54.6 Å². The first kappa shape index (κ1) is 23.4. The number of hydrogen-bond donors (Lipinski definition) is 1. The van der Waals surface area contributed by atoms with Gasteiger partial charge in [0, 0.05) is 13.6 Å². The van der Waals surface area contributed by atoms with Gasteiger partial charge in [0.25, 0.3) is 0 Å². The molecule has 2 aromatic rings. The van der Waals surface area contributed by atoms with Crippen molar-refractivity contribution < 1.29 is 18.0 Å². The smallest absolute Gasteiger partial charge is 0.244 e. The van der Waals surface area contributed by atoms with Crippen LogP contribution in [0.4, 0.5) is 5.69 Å². The fourth-order valence-electron chi connectivity index (χ4n) is 3.30. The van der Waals surface area contributed by atoms with Crippen LogP contribution in [0.5, 0.6) is 0 Å². The summed E-state index contributed by atoms with van der Waals surface area (Å²) in [6.45, 7) is 3.43. The molecule has 0 spiro atoms. The molecule has 0 fully saturated rings. The summed E-state index contributed by atoms with van der Waals surface area (Å²) >= 11 is 0. The van der Waals surface area contributed by atoms with Gasteiger partial charge in [0.15, 0.2) is 0 Å². The second kappa shape index (κ2) is 10.2. The molecule has 2 aromatic carbocycles. The van der Waals surface area contributed by atoms with E-state index in [1.807, 2.05) is 43.3 Å². The van der Waals surface area contributed by atoms with E-state index in [1.54, 1.807) is 25.1 Å². The van der Waals surface area contributed by atoms with E-state index < -0.39 is 22.0 Å². The number of rotatable bonds is 9. The number of nitrogens with zero attached hydrogens (tertiary/aromatic N) is 2. The van der Waals surface area contributed by atoms with Crippen LogP contribution >= 0.6 is 0 Å². The molecule has 0 aliphatic carbocycles. The van der Waals surface area contributed by atoms with Crippen molar-refractivity contribution in [3.05, 3.63) is 65.7 Å². The van der Waals surface area contributed by atoms with Gasteiger partial charge in [-0.05, 0) is 30.5 Å². The SMILES string of the molecule is CCC(C(=O)NC)N(Cc1ccccc1)C(=O)CN(c1ccccc1C)S(C)(=O)=O. The minimum atomic E-state index is -3.71. The molecule has 0 radical (unpaired) electrons. The standard InChI is InChI=1S/C22H29N3O4S/c1-5-19(22(27)23-3)24(15-18-12-7-6-8-13-18)21(26)16-25(30(4,28)29)20-14-10-9-11-17(20)2/h6-14,19H,5,15-16H2,1-4H3,(H,23,27). The summed E-state index contributed by atoms with van der Waals surface area (Å²) in [5.41, 5.74) is 2.04. The maximum absolute atomic E-state index is 13.3. The van der Waals surface area contributed by atoms with E-state index in [-0.39, 0.29) is 19.0 Å².